The highest BCUT2D eigenvalue weighted by Crippen LogP contribution is 2.33. The minimum absolute atomic E-state index is 0.479. The number of para-hydroxylation sites is 1. The van der Waals surface area contributed by atoms with Gasteiger partial charge in [-0.15, -0.1) is 0 Å². The van der Waals surface area contributed by atoms with E-state index in [1.54, 1.807) is 0 Å². The van der Waals surface area contributed by atoms with Gasteiger partial charge in [-0.05, 0) is 24.0 Å². The van der Waals surface area contributed by atoms with E-state index in [1.807, 2.05) is 0 Å². The Labute approximate surface area is 145 Å². The van der Waals surface area contributed by atoms with Crippen molar-refractivity contribution in [2.45, 2.75) is 39.5 Å². The molecule has 0 spiro atoms. The van der Waals surface area contributed by atoms with Crippen LogP contribution in [0.2, 0.25) is 0 Å². The lowest BCUT2D eigenvalue weighted by Crippen LogP contribution is -2.30. The average molecular weight is 322 g/mol. The fourth-order valence-corrected chi connectivity index (χ4v) is 3.45. The maximum atomic E-state index is 2.36. The van der Waals surface area contributed by atoms with Crippen LogP contribution in [0.25, 0.3) is 17.2 Å². The Kier molecular flexibility index (Phi) is 4.35. The van der Waals surface area contributed by atoms with Crippen molar-refractivity contribution in [2.75, 3.05) is 0 Å². The summed E-state index contributed by atoms with van der Waals surface area (Å²) in [7, 11) is 4.22. The highest BCUT2D eigenvalue weighted by atomic mass is 15.2. The lowest BCUT2D eigenvalue weighted by atomic mass is 9.92. The minimum Gasteiger partial charge on any atom is -0.344 e. The first-order valence-electron chi connectivity index (χ1n) is 8.73. The summed E-state index contributed by atoms with van der Waals surface area (Å²) in [6, 6.07) is 11.0. The molecule has 3 nitrogen and oxygen atoms in total. The fraction of sp³-hybridized carbons (Fsp3) is 0.381. The second-order valence-electron chi connectivity index (χ2n) is 7.20. The predicted octanol–water partition coefficient (Wildman–Crippen LogP) is 4.55. The molecule has 0 saturated carbocycles. The first-order valence-corrected chi connectivity index (χ1v) is 8.73. The fourth-order valence-electron chi connectivity index (χ4n) is 3.45. The van der Waals surface area contributed by atoms with Crippen molar-refractivity contribution in [1.82, 2.24) is 9.13 Å². The Morgan fingerprint density at radius 3 is 2.00 bits per heavy atom. The summed E-state index contributed by atoms with van der Waals surface area (Å²) in [6.45, 7) is 9.09. The highest BCUT2D eigenvalue weighted by Gasteiger charge is 2.26. The summed E-state index contributed by atoms with van der Waals surface area (Å²) in [6.07, 6.45) is 6.43. The highest BCUT2D eigenvalue weighted by molar-refractivity contribution is 5.58. The molecule has 2 aromatic heterocycles. The van der Waals surface area contributed by atoms with Gasteiger partial charge < -0.3 is 4.57 Å². The van der Waals surface area contributed by atoms with Crippen LogP contribution >= 0.6 is 0 Å². The van der Waals surface area contributed by atoms with Gasteiger partial charge >= 0.3 is 5.82 Å². The van der Waals surface area contributed by atoms with Gasteiger partial charge in [0, 0.05) is 24.4 Å². The van der Waals surface area contributed by atoms with Crippen LogP contribution in [0.1, 0.15) is 50.7 Å². The van der Waals surface area contributed by atoms with Crippen molar-refractivity contribution in [1.29, 1.82) is 0 Å². The number of rotatable bonds is 4. The smallest absolute Gasteiger partial charge is 0.310 e. The van der Waals surface area contributed by atoms with Crippen molar-refractivity contribution < 1.29 is 4.57 Å². The van der Waals surface area contributed by atoms with Crippen LogP contribution in [-0.4, -0.2) is 9.13 Å². The van der Waals surface area contributed by atoms with Crippen LogP contribution in [0.5, 0.6) is 0 Å². The minimum atomic E-state index is 0.479. The Hall–Kier alpha value is -2.29. The summed E-state index contributed by atoms with van der Waals surface area (Å²) in [5.74, 6) is 2.16. The molecule has 3 rings (SSSR count). The standard InChI is InChI=1S/C21H28N3/c1-15(2)17-9-7-10-18(16(3)4)20(17)24-14-13-23(6)21(24)19-11-8-12-22(19)5/h7-16H,1-6H3/q+1. The first-order chi connectivity index (χ1) is 11.4. The third kappa shape index (κ3) is 2.68. The van der Waals surface area contributed by atoms with Gasteiger partial charge in [-0.2, -0.15) is 4.57 Å². The maximum absolute atomic E-state index is 2.36. The molecule has 0 aliphatic heterocycles. The molecule has 0 N–H and O–H groups in total. The summed E-state index contributed by atoms with van der Waals surface area (Å²) in [4.78, 5) is 0. The van der Waals surface area contributed by atoms with Gasteiger partial charge in [0.1, 0.15) is 23.8 Å². The maximum Gasteiger partial charge on any atom is 0.310 e. The van der Waals surface area contributed by atoms with Crippen LogP contribution in [0.15, 0.2) is 48.9 Å². The van der Waals surface area contributed by atoms with E-state index in [-0.39, 0.29) is 0 Å². The number of nitrogens with zero attached hydrogens (tertiary/aromatic N) is 3. The van der Waals surface area contributed by atoms with E-state index >= 15 is 0 Å². The first kappa shape index (κ1) is 16.6. The molecule has 0 bridgehead atoms. The second kappa shape index (κ2) is 6.31. The van der Waals surface area contributed by atoms with Crippen LogP contribution in [0.4, 0.5) is 0 Å². The predicted molar refractivity (Wildman–Crippen MR) is 99.5 cm³/mol. The molecule has 24 heavy (non-hydrogen) atoms. The Morgan fingerprint density at radius 2 is 1.50 bits per heavy atom. The van der Waals surface area contributed by atoms with Crippen molar-refractivity contribution >= 4 is 0 Å². The van der Waals surface area contributed by atoms with Gasteiger partial charge in [-0.3, -0.25) is 0 Å². The normalized spacial score (nSPS) is 11.7. The van der Waals surface area contributed by atoms with Crippen LogP contribution < -0.4 is 4.57 Å². The molecule has 0 aliphatic rings. The molecule has 0 amide bonds. The number of hydrogen-bond acceptors (Lipinski definition) is 0. The van der Waals surface area contributed by atoms with Gasteiger partial charge in [-0.25, -0.2) is 4.57 Å². The van der Waals surface area contributed by atoms with Gasteiger partial charge in [0.2, 0.25) is 0 Å². The molecule has 0 saturated heterocycles. The van der Waals surface area contributed by atoms with E-state index in [9.17, 15) is 0 Å². The van der Waals surface area contributed by atoms with E-state index < -0.39 is 0 Å². The molecule has 3 heteroatoms. The molecule has 0 aliphatic carbocycles. The van der Waals surface area contributed by atoms with Crippen molar-refractivity contribution in [3.63, 3.8) is 0 Å². The zero-order valence-corrected chi connectivity index (χ0v) is 15.6. The second-order valence-corrected chi connectivity index (χ2v) is 7.20. The van der Waals surface area contributed by atoms with Crippen LogP contribution in [-0.2, 0) is 14.1 Å². The average Bonchev–Trinajstić information content (AvgIpc) is 3.11. The summed E-state index contributed by atoms with van der Waals surface area (Å²) in [5.41, 5.74) is 5.34. The molecule has 1 aromatic carbocycles. The molecule has 0 radical (unpaired) electrons. The molecule has 0 fully saturated rings. The monoisotopic (exact) mass is 322 g/mol. The largest absolute Gasteiger partial charge is 0.344 e. The Bertz CT molecular complexity index is 824. The molecular formula is C21H28N3+. The van der Waals surface area contributed by atoms with Crippen molar-refractivity contribution in [2.24, 2.45) is 14.1 Å². The lowest BCUT2D eigenvalue weighted by Gasteiger charge is -2.17. The molecule has 0 atom stereocenters. The Balaban J connectivity index is 2.34. The number of benzene rings is 1. The van der Waals surface area contributed by atoms with Gasteiger partial charge in [0.15, 0.2) is 0 Å². The third-order valence-electron chi connectivity index (χ3n) is 4.76. The summed E-state index contributed by atoms with van der Waals surface area (Å²) >= 11 is 0. The van der Waals surface area contributed by atoms with Gasteiger partial charge in [0.05, 0.1) is 7.05 Å². The molecular weight excluding hydrogens is 294 g/mol. The Morgan fingerprint density at radius 1 is 0.875 bits per heavy atom. The van der Waals surface area contributed by atoms with Crippen LogP contribution in [0.3, 0.4) is 0 Å². The summed E-state index contributed by atoms with van der Waals surface area (Å²) < 4.78 is 6.75. The van der Waals surface area contributed by atoms with Crippen molar-refractivity contribution in [3.8, 4) is 17.2 Å². The number of hydrogen-bond donors (Lipinski definition) is 0. The van der Waals surface area contributed by atoms with E-state index in [0.29, 0.717) is 11.8 Å². The quantitative estimate of drug-likeness (QED) is 0.625. The summed E-state index contributed by atoms with van der Waals surface area (Å²) in [5, 5.41) is 0. The third-order valence-corrected chi connectivity index (χ3v) is 4.76. The number of imidazole rings is 1. The van der Waals surface area contributed by atoms with Crippen LogP contribution in [0, 0.1) is 0 Å². The van der Waals surface area contributed by atoms with E-state index in [4.69, 9.17) is 0 Å². The molecule has 126 valence electrons. The van der Waals surface area contributed by atoms with E-state index in [1.165, 1.54) is 28.3 Å². The van der Waals surface area contributed by atoms with Gasteiger partial charge in [0.25, 0.3) is 0 Å². The van der Waals surface area contributed by atoms with Crippen molar-refractivity contribution in [3.05, 3.63) is 60.0 Å². The zero-order chi connectivity index (χ0) is 17.4. The number of aryl methyl sites for hydroxylation is 2. The topological polar surface area (TPSA) is 13.7 Å². The van der Waals surface area contributed by atoms with E-state index in [2.05, 4.69) is 104 Å². The SMILES string of the molecule is CC(C)c1cccc(C(C)C)c1-n1cc[n+](C)c1-c1cccn1C. The number of aromatic nitrogens is 3. The van der Waals surface area contributed by atoms with E-state index in [0.717, 1.165) is 0 Å². The van der Waals surface area contributed by atoms with Gasteiger partial charge in [-0.1, -0.05) is 45.9 Å². The zero-order valence-electron chi connectivity index (χ0n) is 15.6. The molecule has 2 heterocycles. The molecule has 0 unspecified atom stereocenters. The molecule has 3 aromatic rings. The lowest BCUT2D eigenvalue weighted by molar-refractivity contribution is -0.659.